The van der Waals surface area contributed by atoms with E-state index in [0.717, 1.165) is 11.3 Å². The standard InChI is InChI=1S/C13H21N3O/c1-9-7-10(5-6-15-9)8-16-11(12(14)17)13(2,3)4/h5-7,11,16H,8H2,1-4H3,(H2,14,17)/t11-/m1/s1. The SMILES string of the molecule is Cc1cc(CN[C@H](C(N)=O)C(C)(C)C)ccn1. The Bertz CT molecular complexity index is 396. The minimum absolute atomic E-state index is 0.187. The Hall–Kier alpha value is -1.42. The van der Waals surface area contributed by atoms with Crippen LogP contribution in [0.4, 0.5) is 0 Å². The van der Waals surface area contributed by atoms with Crippen LogP contribution in [0, 0.1) is 12.3 Å². The van der Waals surface area contributed by atoms with Gasteiger partial charge < -0.3 is 11.1 Å². The highest BCUT2D eigenvalue weighted by Crippen LogP contribution is 2.19. The molecule has 0 saturated carbocycles. The summed E-state index contributed by atoms with van der Waals surface area (Å²) in [5, 5.41) is 3.20. The van der Waals surface area contributed by atoms with Gasteiger partial charge in [-0.2, -0.15) is 0 Å². The molecule has 0 aliphatic rings. The van der Waals surface area contributed by atoms with Crippen LogP contribution in [0.25, 0.3) is 0 Å². The second-order valence-corrected chi connectivity index (χ2v) is 5.39. The zero-order valence-electron chi connectivity index (χ0n) is 10.9. The molecule has 0 aliphatic carbocycles. The molecule has 1 rings (SSSR count). The number of hydrogen-bond donors (Lipinski definition) is 2. The molecule has 0 unspecified atom stereocenters. The molecule has 1 amide bonds. The first-order valence-electron chi connectivity index (χ1n) is 5.75. The number of primary amides is 1. The van der Waals surface area contributed by atoms with Gasteiger partial charge in [-0.3, -0.25) is 9.78 Å². The molecule has 17 heavy (non-hydrogen) atoms. The number of pyridine rings is 1. The van der Waals surface area contributed by atoms with Crippen molar-refractivity contribution >= 4 is 5.91 Å². The fraction of sp³-hybridized carbons (Fsp3) is 0.538. The molecule has 0 bridgehead atoms. The van der Waals surface area contributed by atoms with E-state index >= 15 is 0 Å². The van der Waals surface area contributed by atoms with Gasteiger partial charge in [-0.05, 0) is 30.0 Å². The molecule has 1 heterocycles. The maximum Gasteiger partial charge on any atom is 0.235 e. The Morgan fingerprint density at radius 2 is 2.18 bits per heavy atom. The Labute approximate surface area is 103 Å². The number of hydrogen-bond acceptors (Lipinski definition) is 3. The van der Waals surface area contributed by atoms with Gasteiger partial charge in [0.15, 0.2) is 0 Å². The van der Waals surface area contributed by atoms with Crippen molar-refractivity contribution in [3.05, 3.63) is 29.6 Å². The summed E-state index contributed by atoms with van der Waals surface area (Å²) < 4.78 is 0. The van der Waals surface area contributed by atoms with Gasteiger partial charge >= 0.3 is 0 Å². The molecule has 0 radical (unpaired) electrons. The normalized spacial score (nSPS) is 13.4. The van der Waals surface area contributed by atoms with Gasteiger partial charge in [0.2, 0.25) is 5.91 Å². The smallest absolute Gasteiger partial charge is 0.235 e. The Morgan fingerprint density at radius 3 is 2.65 bits per heavy atom. The fourth-order valence-corrected chi connectivity index (χ4v) is 1.77. The van der Waals surface area contributed by atoms with Gasteiger partial charge in [0.1, 0.15) is 0 Å². The Balaban J connectivity index is 2.68. The van der Waals surface area contributed by atoms with E-state index in [9.17, 15) is 4.79 Å². The molecule has 0 fully saturated rings. The molecule has 0 aliphatic heterocycles. The molecule has 0 saturated heterocycles. The highest BCUT2D eigenvalue weighted by molar-refractivity contribution is 5.80. The molecule has 0 spiro atoms. The van der Waals surface area contributed by atoms with Crippen LogP contribution in [-0.2, 0) is 11.3 Å². The third-order valence-electron chi connectivity index (χ3n) is 2.62. The largest absolute Gasteiger partial charge is 0.368 e. The Kier molecular flexibility index (Phi) is 4.23. The van der Waals surface area contributed by atoms with Gasteiger partial charge in [-0.25, -0.2) is 0 Å². The number of nitrogens with one attached hydrogen (secondary N) is 1. The average molecular weight is 235 g/mol. The van der Waals surface area contributed by atoms with Crippen LogP contribution in [0.2, 0.25) is 0 Å². The summed E-state index contributed by atoms with van der Waals surface area (Å²) >= 11 is 0. The van der Waals surface area contributed by atoms with Crippen molar-refractivity contribution in [2.75, 3.05) is 0 Å². The van der Waals surface area contributed by atoms with E-state index in [0.29, 0.717) is 6.54 Å². The van der Waals surface area contributed by atoms with Gasteiger partial charge in [0.25, 0.3) is 0 Å². The van der Waals surface area contributed by atoms with Crippen LogP contribution in [-0.4, -0.2) is 16.9 Å². The maximum atomic E-state index is 11.4. The summed E-state index contributed by atoms with van der Waals surface area (Å²) in [6.45, 7) is 8.54. The molecule has 4 heteroatoms. The van der Waals surface area contributed by atoms with Gasteiger partial charge in [0.05, 0.1) is 6.04 Å². The van der Waals surface area contributed by atoms with E-state index < -0.39 is 0 Å². The first-order valence-corrected chi connectivity index (χ1v) is 5.75. The Morgan fingerprint density at radius 1 is 1.53 bits per heavy atom. The predicted octanol–water partition coefficient (Wildman–Crippen LogP) is 1.38. The van der Waals surface area contributed by atoms with E-state index in [2.05, 4.69) is 10.3 Å². The lowest BCUT2D eigenvalue weighted by Gasteiger charge is -2.28. The van der Waals surface area contributed by atoms with Crippen LogP contribution in [0.3, 0.4) is 0 Å². The van der Waals surface area contributed by atoms with Crippen LogP contribution in [0.1, 0.15) is 32.0 Å². The monoisotopic (exact) mass is 235 g/mol. The number of aromatic nitrogens is 1. The second-order valence-electron chi connectivity index (χ2n) is 5.39. The molecule has 4 nitrogen and oxygen atoms in total. The van der Waals surface area contributed by atoms with E-state index in [1.807, 2.05) is 39.8 Å². The zero-order valence-corrected chi connectivity index (χ0v) is 10.9. The van der Waals surface area contributed by atoms with E-state index in [1.54, 1.807) is 6.20 Å². The predicted molar refractivity (Wildman–Crippen MR) is 68.3 cm³/mol. The lowest BCUT2D eigenvalue weighted by atomic mass is 9.86. The molecule has 1 aromatic rings. The van der Waals surface area contributed by atoms with Gasteiger partial charge in [-0.15, -0.1) is 0 Å². The highest BCUT2D eigenvalue weighted by Gasteiger charge is 2.28. The average Bonchev–Trinajstić information content (AvgIpc) is 2.15. The minimum atomic E-state index is -0.337. The minimum Gasteiger partial charge on any atom is -0.368 e. The topological polar surface area (TPSA) is 68.0 Å². The molecule has 1 aromatic heterocycles. The van der Waals surface area contributed by atoms with E-state index in [1.165, 1.54) is 0 Å². The number of carbonyl (C=O) groups excluding carboxylic acids is 1. The van der Waals surface area contributed by atoms with Crippen molar-refractivity contribution in [3.8, 4) is 0 Å². The summed E-state index contributed by atoms with van der Waals surface area (Å²) in [6.07, 6.45) is 1.77. The summed E-state index contributed by atoms with van der Waals surface area (Å²) in [4.78, 5) is 15.5. The van der Waals surface area contributed by atoms with Crippen molar-refractivity contribution in [1.82, 2.24) is 10.3 Å². The van der Waals surface area contributed by atoms with Crippen molar-refractivity contribution < 1.29 is 4.79 Å². The van der Waals surface area contributed by atoms with Crippen LogP contribution in [0.5, 0.6) is 0 Å². The summed E-state index contributed by atoms with van der Waals surface area (Å²) in [5.74, 6) is -0.316. The molecular weight excluding hydrogens is 214 g/mol. The quantitative estimate of drug-likeness (QED) is 0.828. The van der Waals surface area contributed by atoms with Gasteiger partial charge in [0, 0.05) is 18.4 Å². The maximum absolute atomic E-state index is 11.4. The number of aryl methyl sites for hydroxylation is 1. The van der Waals surface area contributed by atoms with Crippen molar-refractivity contribution in [2.24, 2.45) is 11.1 Å². The first-order chi connectivity index (χ1) is 7.80. The lowest BCUT2D eigenvalue weighted by molar-refractivity contribution is -0.122. The number of nitrogens with two attached hydrogens (primary N) is 1. The highest BCUT2D eigenvalue weighted by atomic mass is 16.1. The van der Waals surface area contributed by atoms with Crippen LogP contribution < -0.4 is 11.1 Å². The summed E-state index contributed by atoms with van der Waals surface area (Å²) in [7, 11) is 0. The molecule has 1 atom stereocenters. The van der Waals surface area contributed by atoms with E-state index in [-0.39, 0.29) is 17.4 Å². The number of amides is 1. The number of nitrogens with zero attached hydrogens (tertiary/aromatic N) is 1. The van der Waals surface area contributed by atoms with Gasteiger partial charge in [-0.1, -0.05) is 20.8 Å². The summed E-state index contributed by atoms with van der Waals surface area (Å²) in [6, 6.07) is 3.59. The van der Waals surface area contributed by atoms with Crippen molar-refractivity contribution in [3.63, 3.8) is 0 Å². The first kappa shape index (κ1) is 13.6. The molecule has 3 N–H and O–H groups in total. The van der Waals surface area contributed by atoms with Crippen molar-refractivity contribution in [2.45, 2.75) is 40.3 Å². The van der Waals surface area contributed by atoms with Crippen LogP contribution in [0.15, 0.2) is 18.3 Å². The second kappa shape index (κ2) is 5.27. The molecule has 94 valence electrons. The van der Waals surface area contributed by atoms with E-state index in [4.69, 9.17) is 5.73 Å². The van der Waals surface area contributed by atoms with Crippen molar-refractivity contribution in [1.29, 1.82) is 0 Å². The molecular formula is C13H21N3O. The van der Waals surface area contributed by atoms with Crippen LogP contribution >= 0.6 is 0 Å². The number of rotatable bonds is 4. The lowest BCUT2D eigenvalue weighted by Crippen LogP contribution is -2.49. The third-order valence-corrected chi connectivity index (χ3v) is 2.62. The zero-order chi connectivity index (χ0) is 13.1. The number of carbonyl (C=O) groups is 1. The molecule has 0 aromatic carbocycles. The summed E-state index contributed by atoms with van der Waals surface area (Å²) in [5.41, 5.74) is 7.29. The third kappa shape index (κ3) is 4.15. The fourth-order valence-electron chi connectivity index (χ4n) is 1.77.